The van der Waals surface area contributed by atoms with E-state index in [0.717, 1.165) is 0 Å². The third-order valence-corrected chi connectivity index (χ3v) is 7.50. The summed E-state index contributed by atoms with van der Waals surface area (Å²) in [4.78, 5) is 63.7. The molecule has 2 aliphatic heterocycles. The lowest BCUT2D eigenvalue weighted by Crippen LogP contribution is -2.54. The summed E-state index contributed by atoms with van der Waals surface area (Å²) in [7, 11) is 0. The molecule has 2 atom stereocenters. The van der Waals surface area contributed by atoms with E-state index in [0.29, 0.717) is 50.3 Å². The molecule has 2 amide bonds. The van der Waals surface area contributed by atoms with Gasteiger partial charge in [0.15, 0.2) is 0 Å². The Balaban J connectivity index is 1.16. The van der Waals surface area contributed by atoms with Gasteiger partial charge in [-0.1, -0.05) is 0 Å². The number of carbonyl (C=O) groups excluding carboxylic acids is 3. The van der Waals surface area contributed by atoms with Crippen LogP contribution in [-0.4, -0.2) is 99.9 Å². The van der Waals surface area contributed by atoms with Gasteiger partial charge in [0.05, 0.1) is 9.85 Å². The number of rotatable bonds is 10. The molecule has 2 saturated heterocycles. The van der Waals surface area contributed by atoms with Crippen LogP contribution in [0.5, 0.6) is 0 Å². The number of nitrogens with zero attached hydrogens (tertiary/aromatic N) is 5. The maximum Gasteiger partial charge on any atom is 0.508 e. The summed E-state index contributed by atoms with van der Waals surface area (Å²) in [5, 5.41) is 21.4. The first-order valence-corrected chi connectivity index (χ1v) is 14.0. The lowest BCUT2D eigenvalue weighted by Gasteiger charge is -2.37. The van der Waals surface area contributed by atoms with E-state index in [-0.39, 0.29) is 48.9 Å². The van der Waals surface area contributed by atoms with Crippen LogP contribution >= 0.6 is 12.6 Å². The van der Waals surface area contributed by atoms with Crippen LogP contribution in [0.3, 0.4) is 0 Å². The van der Waals surface area contributed by atoms with Crippen molar-refractivity contribution in [2.45, 2.75) is 30.9 Å². The first-order chi connectivity index (χ1) is 20.6. The minimum Gasteiger partial charge on any atom is -0.445 e. The van der Waals surface area contributed by atoms with Crippen molar-refractivity contribution in [2.24, 2.45) is 0 Å². The Morgan fingerprint density at radius 2 is 1.35 bits per heavy atom. The fraction of sp³-hybridized carbons (Fsp3) is 0.444. The Bertz CT molecular complexity index is 1320. The molecule has 0 bridgehead atoms. The predicted octanol–water partition coefficient (Wildman–Crippen LogP) is 3.01. The van der Waals surface area contributed by atoms with Crippen LogP contribution in [0, 0.1) is 20.2 Å². The number of hydrogen-bond acceptors (Lipinski definition) is 12. The van der Waals surface area contributed by atoms with Crippen molar-refractivity contribution in [3.8, 4) is 0 Å². The predicted molar refractivity (Wildman–Crippen MR) is 153 cm³/mol. The van der Waals surface area contributed by atoms with Crippen LogP contribution in [0.1, 0.15) is 17.5 Å². The summed E-state index contributed by atoms with van der Waals surface area (Å²) in [6.07, 6.45) is -1.11. The van der Waals surface area contributed by atoms with Crippen molar-refractivity contribution in [1.29, 1.82) is 0 Å². The summed E-state index contributed by atoms with van der Waals surface area (Å²) in [5.74, 6) is -0.186. The van der Waals surface area contributed by atoms with Gasteiger partial charge in [-0.15, -0.1) is 0 Å². The lowest BCUT2D eigenvalue weighted by molar-refractivity contribution is -0.385. The molecule has 0 spiro atoms. The molecule has 0 N–H and O–H groups in total. The zero-order chi connectivity index (χ0) is 30.9. The standard InChI is InChI=1S/C27H31N5O10S/c33-25(24-15-23(43)16-30(24)26(34)41-17-19-1-5-21(6-2-19)31(36)37)29-11-9-28(10-12-29)13-14-40-27(35)42-18-20-3-7-22(8-4-20)32(38)39/h1-8,23-24,43H,9-18H2/t23-,24-/m1/s1. The second kappa shape index (κ2) is 14.6. The normalized spacial score (nSPS) is 18.6. The monoisotopic (exact) mass is 617 g/mol. The number of non-ortho nitro benzene ring substituents is 2. The summed E-state index contributed by atoms with van der Waals surface area (Å²) in [5.41, 5.74) is 1.05. The second-order valence-electron chi connectivity index (χ2n) is 10.0. The fourth-order valence-corrected chi connectivity index (χ4v) is 5.13. The van der Waals surface area contributed by atoms with Crippen molar-refractivity contribution in [3.05, 3.63) is 79.9 Å². The van der Waals surface area contributed by atoms with Crippen LogP contribution < -0.4 is 0 Å². The molecule has 2 aromatic rings. The van der Waals surface area contributed by atoms with Gasteiger partial charge in [0, 0.05) is 68.8 Å². The number of hydrogen-bond donors (Lipinski definition) is 1. The molecule has 2 aliphatic rings. The molecule has 0 saturated carbocycles. The Morgan fingerprint density at radius 1 is 0.814 bits per heavy atom. The first kappa shape index (κ1) is 31.5. The van der Waals surface area contributed by atoms with Gasteiger partial charge < -0.3 is 19.1 Å². The lowest BCUT2D eigenvalue weighted by atomic mass is 10.1. The molecule has 2 aromatic carbocycles. The van der Waals surface area contributed by atoms with E-state index in [9.17, 15) is 34.6 Å². The van der Waals surface area contributed by atoms with Crippen molar-refractivity contribution in [1.82, 2.24) is 14.7 Å². The molecule has 15 nitrogen and oxygen atoms in total. The van der Waals surface area contributed by atoms with Crippen molar-refractivity contribution in [3.63, 3.8) is 0 Å². The molecule has 0 aromatic heterocycles. The van der Waals surface area contributed by atoms with Crippen LogP contribution in [0.25, 0.3) is 0 Å². The number of thiol groups is 1. The highest BCUT2D eigenvalue weighted by Crippen LogP contribution is 2.25. The summed E-state index contributed by atoms with van der Waals surface area (Å²) in [6.45, 7) is 2.60. The van der Waals surface area contributed by atoms with E-state index >= 15 is 0 Å². The molecule has 2 fully saturated rings. The zero-order valence-electron chi connectivity index (χ0n) is 23.1. The molecule has 2 heterocycles. The van der Waals surface area contributed by atoms with Crippen LogP contribution in [-0.2, 0) is 32.2 Å². The van der Waals surface area contributed by atoms with E-state index in [1.807, 2.05) is 4.90 Å². The SMILES string of the molecule is O=C(OCCN1CCN(C(=O)[C@H]2C[C@@H](S)CN2C(=O)OCc2ccc([N+](=O)[O-])cc2)CC1)OCc1ccc([N+](=O)[O-])cc1. The molecule has 0 radical (unpaired) electrons. The average Bonchev–Trinajstić information content (AvgIpc) is 3.40. The van der Waals surface area contributed by atoms with E-state index < -0.39 is 28.1 Å². The van der Waals surface area contributed by atoms with Crippen LogP contribution in [0.2, 0.25) is 0 Å². The zero-order valence-corrected chi connectivity index (χ0v) is 24.0. The van der Waals surface area contributed by atoms with E-state index in [1.54, 1.807) is 4.90 Å². The smallest absolute Gasteiger partial charge is 0.445 e. The number of benzene rings is 2. The number of nitro benzene ring substituents is 2. The van der Waals surface area contributed by atoms with Gasteiger partial charge in [0.25, 0.3) is 11.4 Å². The van der Waals surface area contributed by atoms with Crippen LogP contribution in [0.15, 0.2) is 48.5 Å². The Labute approximate surface area is 252 Å². The topological polar surface area (TPSA) is 175 Å². The first-order valence-electron chi connectivity index (χ1n) is 13.5. The molecule has 230 valence electrons. The number of carbonyl (C=O) groups is 3. The Hall–Kier alpha value is -4.44. The summed E-state index contributed by atoms with van der Waals surface area (Å²) >= 11 is 4.48. The van der Waals surface area contributed by atoms with Crippen molar-refractivity contribution >= 4 is 42.2 Å². The molecule has 0 aliphatic carbocycles. The van der Waals surface area contributed by atoms with Gasteiger partial charge in [-0.2, -0.15) is 12.6 Å². The molecule has 43 heavy (non-hydrogen) atoms. The number of likely N-dealkylation sites (tertiary alicyclic amines) is 1. The largest absolute Gasteiger partial charge is 0.508 e. The van der Waals surface area contributed by atoms with Gasteiger partial charge in [-0.25, -0.2) is 9.59 Å². The van der Waals surface area contributed by atoms with E-state index in [1.165, 1.54) is 53.4 Å². The molecular formula is C27H31N5O10S. The van der Waals surface area contributed by atoms with E-state index in [4.69, 9.17) is 14.2 Å². The fourth-order valence-electron chi connectivity index (χ4n) is 4.75. The average molecular weight is 618 g/mol. The van der Waals surface area contributed by atoms with Gasteiger partial charge in [-0.05, 0) is 41.8 Å². The molecule has 0 unspecified atom stereocenters. The minimum absolute atomic E-state index is 0.0565. The van der Waals surface area contributed by atoms with Gasteiger partial charge in [0.2, 0.25) is 5.91 Å². The second-order valence-corrected chi connectivity index (χ2v) is 10.7. The number of nitro groups is 2. The minimum atomic E-state index is -0.852. The summed E-state index contributed by atoms with van der Waals surface area (Å²) in [6, 6.07) is 10.6. The van der Waals surface area contributed by atoms with Gasteiger partial charge in [-0.3, -0.25) is 34.8 Å². The Morgan fingerprint density at radius 3 is 1.88 bits per heavy atom. The van der Waals surface area contributed by atoms with Crippen molar-refractivity contribution in [2.75, 3.05) is 45.9 Å². The molecular weight excluding hydrogens is 586 g/mol. The number of amides is 2. The quantitative estimate of drug-likeness (QED) is 0.180. The van der Waals surface area contributed by atoms with Crippen molar-refractivity contribution < 1.29 is 38.4 Å². The van der Waals surface area contributed by atoms with Gasteiger partial charge in [0.1, 0.15) is 25.9 Å². The highest BCUT2D eigenvalue weighted by molar-refractivity contribution is 7.81. The summed E-state index contributed by atoms with van der Waals surface area (Å²) < 4.78 is 15.6. The van der Waals surface area contributed by atoms with Gasteiger partial charge >= 0.3 is 12.2 Å². The number of ether oxygens (including phenoxy) is 3. The highest BCUT2D eigenvalue weighted by Gasteiger charge is 2.41. The van der Waals surface area contributed by atoms with E-state index in [2.05, 4.69) is 12.6 Å². The maximum absolute atomic E-state index is 13.3. The molecule has 4 rings (SSSR count). The highest BCUT2D eigenvalue weighted by atomic mass is 32.1. The third-order valence-electron chi connectivity index (χ3n) is 7.12. The molecule has 16 heteroatoms. The Kier molecular flexibility index (Phi) is 10.7. The van der Waals surface area contributed by atoms with Crippen LogP contribution in [0.4, 0.5) is 21.0 Å². The third kappa shape index (κ3) is 8.78. The number of piperazine rings is 1. The maximum atomic E-state index is 13.3.